The summed E-state index contributed by atoms with van der Waals surface area (Å²) in [6.45, 7) is 8.35. The van der Waals surface area contributed by atoms with Gasteiger partial charge in [-0.1, -0.05) is 19.9 Å². The van der Waals surface area contributed by atoms with Crippen molar-refractivity contribution in [2.24, 2.45) is 11.0 Å². The Bertz CT molecular complexity index is 1280. The molecule has 0 fully saturated rings. The molecule has 2 aromatic rings. The summed E-state index contributed by atoms with van der Waals surface area (Å²) in [5.41, 5.74) is 4.62. The number of rotatable bonds is 14. The van der Waals surface area contributed by atoms with E-state index < -0.39 is 24.3 Å². The molecule has 0 spiro atoms. The van der Waals surface area contributed by atoms with Crippen LogP contribution in [0.2, 0.25) is 0 Å². The summed E-state index contributed by atoms with van der Waals surface area (Å²) >= 11 is 0. The minimum absolute atomic E-state index is 0.140. The van der Waals surface area contributed by atoms with Crippen LogP contribution in [0.4, 0.5) is 4.79 Å². The third-order valence-electron chi connectivity index (χ3n) is 5.87. The van der Waals surface area contributed by atoms with Crippen molar-refractivity contribution in [3.63, 3.8) is 0 Å². The van der Waals surface area contributed by atoms with Gasteiger partial charge in [0.15, 0.2) is 29.2 Å². The molecule has 2 atom stereocenters. The van der Waals surface area contributed by atoms with E-state index in [-0.39, 0.29) is 12.2 Å². The second-order valence-corrected chi connectivity index (χ2v) is 9.53. The SMILES string of the molecule is CCOc1cc([C@@H]2NC(=O)NC(C)=C2C(=O)OC)ccc1OC[C@@H](O)N/N=C\c1ccc(OCC(C)C)c(OC)c1. The lowest BCUT2D eigenvalue weighted by molar-refractivity contribution is -0.136. The molecule has 1 aliphatic heterocycles. The molecule has 1 aliphatic rings. The number of nitrogens with one attached hydrogen (secondary N) is 3. The van der Waals surface area contributed by atoms with Crippen molar-refractivity contribution < 1.29 is 38.4 Å². The molecule has 3 rings (SSSR count). The number of methoxy groups -OCH3 is 2. The van der Waals surface area contributed by atoms with Crippen molar-refractivity contribution >= 4 is 18.2 Å². The van der Waals surface area contributed by atoms with Gasteiger partial charge in [-0.15, -0.1) is 0 Å². The summed E-state index contributed by atoms with van der Waals surface area (Å²) in [7, 11) is 2.84. The molecule has 4 N–H and O–H groups in total. The van der Waals surface area contributed by atoms with Gasteiger partial charge >= 0.3 is 12.0 Å². The topological polar surface area (TPSA) is 149 Å². The predicted octanol–water partition coefficient (Wildman–Crippen LogP) is 3.25. The maximum atomic E-state index is 12.4. The van der Waals surface area contributed by atoms with E-state index in [9.17, 15) is 14.7 Å². The average Bonchev–Trinajstić information content (AvgIpc) is 2.95. The fraction of sp³-hybridized carbons (Fsp3) is 0.414. The fourth-order valence-electron chi connectivity index (χ4n) is 3.96. The summed E-state index contributed by atoms with van der Waals surface area (Å²) in [6, 6.07) is 9.24. The lowest BCUT2D eigenvalue weighted by atomic mass is 9.95. The van der Waals surface area contributed by atoms with Gasteiger partial charge in [-0.3, -0.25) is 5.43 Å². The third-order valence-corrected chi connectivity index (χ3v) is 5.87. The quantitative estimate of drug-likeness (QED) is 0.116. The lowest BCUT2D eigenvalue weighted by Crippen LogP contribution is -2.45. The zero-order chi connectivity index (χ0) is 29.9. The number of aliphatic hydroxyl groups excluding tert-OH is 1. The van der Waals surface area contributed by atoms with E-state index in [0.717, 1.165) is 5.56 Å². The maximum Gasteiger partial charge on any atom is 0.337 e. The number of ether oxygens (including phenoxy) is 5. The maximum absolute atomic E-state index is 12.4. The van der Waals surface area contributed by atoms with Crippen LogP contribution >= 0.6 is 0 Å². The van der Waals surface area contributed by atoms with Crippen molar-refractivity contribution in [2.45, 2.75) is 40.0 Å². The van der Waals surface area contributed by atoms with Crippen molar-refractivity contribution in [2.75, 3.05) is 34.0 Å². The van der Waals surface area contributed by atoms with E-state index in [1.165, 1.54) is 7.11 Å². The predicted molar refractivity (Wildman–Crippen MR) is 152 cm³/mol. The van der Waals surface area contributed by atoms with Crippen molar-refractivity contribution in [1.82, 2.24) is 16.1 Å². The van der Waals surface area contributed by atoms with Crippen LogP contribution in [0.3, 0.4) is 0 Å². The highest BCUT2D eigenvalue weighted by Gasteiger charge is 2.32. The number of hydrogen-bond acceptors (Lipinski definition) is 10. The molecule has 0 unspecified atom stereocenters. The molecule has 0 aromatic heterocycles. The number of carbonyl (C=O) groups excluding carboxylic acids is 2. The van der Waals surface area contributed by atoms with Crippen molar-refractivity contribution in [3.05, 3.63) is 58.8 Å². The number of carbonyl (C=O) groups is 2. The molecule has 12 heteroatoms. The van der Waals surface area contributed by atoms with Crippen LogP contribution in [0.1, 0.15) is 44.9 Å². The number of esters is 1. The van der Waals surface area contributed by atoms with Gasteiger partial charge in [0, 0.05) is 5.70 Å². The van der Waals surface area contributed by atoms with Gasteiger partial charge in [0.2, 0.25) is 0 Å². The molecule has 41 heavy (non-hydrogen) atoms. The van der Waals surface area contributed by atoms with Crippen LogP contribution < -0.4 is 35.0 Å². The Morgan fingerprint density at radius 2 is 1.76 bits per heavy atom. The number of amides is 2. The Labute approximate surface area is 239 Å². The van der Waals surface area contributed by atoms with Gasteiger partial charge < -0.3 is 39.4 Å². The molecular formula is C29H38N4O8. The van der Waals surface area contributed by atoms with Crippen LogP contribution in [0, 0.1) is 5.92 Å². The monoisotopic (exact) mass is 570 g/mol. The van der Waals surface area contributed by atoms with Crippen molar-refractivity contribution in [3.8, 4) is 23.0 Å². The smallest absolute Gasteiger partial charge is 0.337 e. The molecule has 2 aromatic carbocycles. The van der Waals surface area contributed by atoms with Gasteiger partial charge in [-0.2, -0.15) is 5.10 Å². The summed E-state index contributed by atoms with van der Waals surface area (Å²) < 4.78 is 27.6. The highest BCUT2D eigenvalue weighted by atomic mass is 16.5. The zero-order valence-electron chi connectivity index (χ0n) is 24.1. The molecular weight excluding hydrogens is 532 g/mol. The number of benzene rings is 2. The van der Waals surface area contributed by atoms with Crippen LogP contribution in [0.5, 0.6) is 23.0 Å². The second kappa shape index (κ2) is 14.8. The second-order valence-electron chi connectivity index (χ2n) is 9.53. The average molecular weight is 571 g/mol. The first-order valence-corrected chi connectivity index (χ1v) is 13.2. The highest BCUT2D eigenvalue weighted by Crippen LogP contribution is 2.35. The van der Waals surface area contributed by atoms with Crippen LogP contribution in [-0.4, -0.2) is 63.6 Å². The van der Waals surface area contributed by atoms with E-state index in [2.05, 4.69) is 35.0 Å². The molecule has 1 heterocycles. The number of nitrogens with zero attached hydrogens (tertiary/aromatic N) is 1. The van der Waals surface area contributed by atoms with Gasteiger partial charge in [0.1, 0.15) is 6.61 Å². The van der Waals surface area contributed by atoms with E-state index in [4.69, 9.17) is 23.7 Å². The molecule has 0 radical (unpaired) electrons. The molecule has 0 bridgehead atoms. The minimum Gasteiger partial charge on any atom is -0.493 e. The first kappa shape index (κ1) is 31.1. The Morgan fingerprint density at radius 1 is 1.05 bits per heavy atom. The Balaban J connectivity index is 1.65. The first-order valence-electron chi connectivity index (χ1n) is 13.2. The van der Waals surface area contributed by atoms with Crippen LogP contribution in [-0.2, 0) is 9.53 Å². The summed E-state index contributed by atoms with van der Waals surface area (Å²) in [6.07, 6.45) is 0.413. The number of hydrazone groups is 1. The Kier molecular flexibility index (Phi) is 11.2. The molecule has 222 valence electrons. The molecule has 0 aliphatic carbocycles. The minimum atomic E-state index is -1.13. The highest BCUT2D eigenvalue weighted by molar-refractivity contribution is 5.95. The normalized spacial score (nSPS) is 15.7. The number of aliphatic hydroxyl groups is 1. The number of hydrogen-bond donors (Lipinski definition) is 4. The standard InChI is InChI=1S/C29H38N4O8/c1-7-39-24-13-20(27-26(28(35)38-6)18(4)31-29(36)32-27)9-11-22(24)41-16-25(34)33-30-14-19-8-10-21(23(12-19)37-5)40-15-17(2)3/h8-14,17,25,27,33-34H,7,15-16H2,1-6H3,(H2,31,32,36)/b30-14-/t25-,27+/m1/s1. The molecule has 0 saturated heterocycles. The first-order chi connectivity index (χ1) is 19.7. The fourth-order valence-corrected chi connectivity index (χ4v) is 3.96. The largest absolute Gasteiger partial charge is 0.493 e. The van der Waals surface area contributed by atoms with Gasteiger partial charge in [-0.25, -0.2) is 9.59 Å². The van der Waals surface area contributed by atoms with E-state index in [0.29, 0.717) is 53.4 Å². The summed E-state index contributed by atoms with van der Waals surface area (Å²) in [4.78, 5) is 24.5. The Hall–Kier alpha value is -4.45. The van der Waals surface area contributed by atoms with E-state index in [1.54, 1.807) is 44.5 Å². The third kappa shape index (κ3) is 8.52. The van der Waals surface area contributed by atoms with E-state index in [1.807, 2.05) is 19.1 Å². The summed E-state index contributed by atoms with van der Waals surface area (Å²) in [5.74, 6) is 1.78. The zero-order valence-corrected chi connectivity index (χ0v) is 24.1. The lowest BCUT2D eigenvalue weighted by Gasteiger charge is -2.28. The van der Waals surface area contributed by atoms with Gasteiger partial charge in [-0.05, 0) is 61.2 Å². The van der Waals surface area contributed by atoms with Gasteiger partial charge in [0.25, 0.3) is 0 Å². The van der Waals surface area contributed by atoms with E-state index >= 15 is 0 Å². The van der Waals surface area contributed by atoms with Gasteiger partial charge in [0.05, 0.1) is 45.3 Å². The Morgan fingerprint density at radius 3 is 2.44 bits per heavy atom. The van der Waals surface area contributed by atoms with Crippen LogP contribution in [0.25, 0.3) is 0 Å². The summed E-state index contributed by atoms with van der Waals surface area (Å²) in [5, 5.41) is 19.8. The number of allylic oxidation sites excluding steroid dienone is 1. The molecule has 0 saturated carbocycles. The number of urea groups is 1. The molecule has 12 nitrogen and oxygen atoms in total. The van der Waals surface area contributed by atoms with Crippen LogP contribution in [0.15, 0.2) is 52.8 Å². The van der Waals surface area contributed by atoms with Crippen molar-refractivity contribution in [1.29, 1.82) is 0 Å². The molecule has 2 amide bonds.